The Labute approximate surface area is 178 Å². The number of pyridine rings is 1. The van der Waals surface area contributed by atoms with Gasteiger partial charge < -0.3 is 20.9 Å². The van der Waals surface area contributed by atoms with E-state index < -0.39 is 0 Å². The van der Waals surface area contributed by atoms with E-state index in [9.17, 15) is 4.79 Å². The number of guanidine groups is 1. The van der Waals surface area contributed by atoms with Crippen molar-refractivity contribution in [1.82, 2.24) is 15.2 Å². The van der Waals surface area contributed by atoms with E-state index in [1.807, 2.05) is 6.20 Å². The van der Waals surface area contributed by atoms with Gasteiger partial charge in [-0.1, -0.05) is 6.07 Å². The number of likely N-dealkylation sites (tertiary alicyclic amines) is 1. The van der Waals surface area contributed by atoms with Crippen LogP contribution in [0.15, 0.2) is 23.3 Å². The summed E-state index contributed by atoms with van der Waals surface area (Å²) < 4.78 is 0. The van der Waals surface area contributed by atoms with Crippen molar-refractivity contribution in [2.45, 2.75) is 38.6 Å². The fourth-order valence-electron chi connectivity index (χ4n) is 3.88. The number of aromatic nitrogens is 1. The van der Waals surface area contributed by atoms with Gasteiger partial charge in [0.1, 0.15) is 5.82 Å². The number of nitrogens with two attached hydrogens (primary N) is 1. The Morgan fingerprint density at radius 1 is 1.30 bits per heavy atom. The smallest absolute Gasteiger partial charge is 0.217 e. The number of anilines is 1. The summed E-state index contributed by atoms with van der Waals surface area (Å²) in [5.41, 5.74) is 6.49. The van der Waals surface area contributed by atoms with E-state index in [1.54, 1.807) is 7.05 Å². The number of carbonyl (C=O) groups is 1. The zero-order chi connectivity index (χ0) is 18.4. The normalized spacial score (nSPS) is 20.3. The van der Waals surface area contributed by atoms with E-state index in [0.29, 0.717) is 18.9 Å². The molecule has 0 aliphatic carbocycles. The van der Waals surface area contributed by atoms with Crippen molar-refractivity contribution in [3.8, 4) is 0 Å². The molecule has 0 saturated carbocycles. The van der Waals surface area contributed by atoms with E-state index in [4.69, 9.17) is 5.73 Å². The van der Waals surface area contributed by atoms with Gasteiger partial charge in [0.05, 0.1) is 0 Å². The van der Waals surface area contributed by atoms with Gasteiger partial charge in [0.15, 0.2) is 5.96 Å². The number of nitrogens with one attached hydrogen (secondary N) is 1. The molecule has 27 heavy (non-hydrogen) atoms. The molecule has 1 aromatic rings. The summed E-state index contributed by atoms with van der Waals surface area (Å²) in [4.78, 5) is 24.8. The van der Waals surface area contributed by atoms with Crippen LogP contribution in [-0.2, 0) is 11.3 Å². The molecule has 3 heterocycles. The van der Waals surface area contributed by atoms with Crippen LogP contribution in [0.3, 0.4) is 0 Å². The Balaban J connectivity index is 0.00000261. The maximum atomic E-state index is 11.2. The molecule has 3 rings (SSSR count). The summed E-state index contributed by atoms with van der Waals surface area (Å²) in [5, 5.41) is 3.42. The van der Waals surface area contributed by atoms with E-state index in [2.05, 4.69) is 37.2 Å². The Kier molecular flexibility index (Phi) is 8.59. The van der Waals surface area contributed by atoms with Gasteiger partial charge in [-0.15, -0.1) is 24.0 Å². The van der Waals surface area contributed by atoms with Crippen LogP contribution in [0.4, 0.5) is 5.82 Å². The van der Waals surface area contributed by atoms with Gasteiger partial charge in [-0.3, -0.25) is 9.79 Å². The van der Waals surface area contributed by atoms with Crippen LogP contribution >= 0.6 is 24.0 Å². The zero-order valence-electron chi connectivity index (χ0n) is 16.1. The lowest BCUT2D eigenvalue weighted by atomic mass is 9.95. The van der Waals surface area contributed by atoms with Crippen molar-refractivity contribution in [3.63, 3.8) is 0 Å². The maximum Gasteiger partial charge on any atom is 0.217 e. The number of carbonyl (C=O) groups excluding carboxylic acids is 1. The highest BCUT2D eigenvalue weighted by Crippen LogP contribution is 2.20. The number of halogens is 1. The molecule has 150 valence electrons. The van der Waals surface area contributed by atoms with Crippen LogP contribution in [0.25, 0.3) is 0 Å². The number of hydrogen-bond acceptors (Lipinski definition) is 4. The standard InChI is InChI=1S/C19H30N6O.HI/c1-21-19(25-10-4-5-15(14-25)11-17(20)26)23-13-16-6-7-18(22-12-16)24-8-2-3-9-24;/h6-7,12,15H,2-5,8-11,13-14H2,1H3,(H2,20,26)(H,21,23);1H. The number of hydrogen-bond donors (Lipinski definition) is 2. The first-order chi connectivity index (χ1) is 12.7. The molecule has 3 N–H and O–H groups in total. The average molecular weight is 486 g/mol. The Hall–Kier alpha value is -1.58. The van der Waals surface area contributed by atoms with Gasteiger partial charge in [0, 0.05) is 52.4 Å². The fourth-order valence-corrected chi connectivity index (χ4v) is 3.88. The van der Waals surface area contributed by atoms with Gasteiger partial charge in [-0.25, -0.2) is 4.98 Å². The summed E-state index contributed by atoms with van der Waals surface area (Å²) >= 11 is 0. The third-order valence-electron chi connectivity index (χ3n) is 5.21. The van der Waals surface area contributed by atoms with Crippen molar-refractivity contribution in [3.05, 3.63) is 23.9 Å². The number of piperidine rings is 1. The molecule has 2 saturated heterocycles. The van der Waals surface area contributed by atoms with Gasteiger partial charge >= 0.3 is 0 Å². The third kappa shape index (κ3) is 6.22. The molecule has 1 amide bonds. The quantitative estimate of drug-likeness (QED) is 0.378. The summed E-state index contributed by atoms with van der Waals surface area (Å²) in [6.45, 7) is 4.70. The van der Waals surface area contributed by atoms with Crippen LogP contribution in [0.2, 0.25) is 0 Å². The number of nitrogens with zero attached hydrogens (tertiary/aromatic N) is 4. The molecule has 0 radical (unpaired) electrons. The molecule has 2 fully saturated rings. The van der Waals surface area contributed by atoms with Gasteiger partial charge in [-0.2, -0.15) is 0 Å². The predicted octanol–water partition coefficient (Wildman–Crippen LogP) is 1.96. The second-order valence-corrected chi connectivity index (χ2v) is 7.24. The highest BCUT2D eigenvalue weighted by atomic mass is 127. The second kappa shape index (κ2) is 10.7. The van der Waals surface area contributed by atoms with Crippen LogP contribution < -0.4 is 16.0 Å². The lowest BCUT2D eigenvalue weighted by Gasteiger charge is -2.34. The van der Waals surface area contributed by atoms with Crippen LogP contribution in [0, 0.1) is 5.92 Å². The van der Waals surface area contributed by atoms with E-state index >= 15 is 0 Å². The molecular formula is C19H31IN6O. The summed E-state index contributed by atoms with van der Waals surface area (Å²) in [7, 11) is 1.80. The molecule has 2 aliphatic rings. The second-order valence-electron chi connectivity index (χ2n) is 7.24. The molecule has 0 spiro atoms. The molecule has 1 aromatic heterocycles. The molecular weight excluding hydrogens is 455 g/mol. The SMILES string of the molecule is CN=C(NCc1ccc(N2CCCC2)nc1)N1CCCC(CC(N)=O)C1.I. The minimum absolute atomic E-state index is 0. The highest BCUT2D eigenvalue weighted by Gasteiger charge is 2.23. The predicted molar refractivity (Wildman–Crippen MR) is 119 cm³/mol. The lowest BCUT2D eigenvalue weighted by molar-refractivity contribution is -0.119. The lowest BCUT2D eigenvalue weighted by Crippen LogP contribution is -2.46. The number of aliphatic imine (C=N–C) groups is 1. The van der Waals surface area contributed by atoms with Crippen molar-refractivity contribution in [2.75, 3.05) is 38.1 Å². The molecule has 7 nitrogen and oxygen atoms in total. The summed E-state index contributed by atoms with van der Waals surface area (Å²) in [6, 6.07) is 4.24. The Bertz CT molecular complexity index is 630. The summed E-state index contributed by atoms with van der Waals surface area (Å²) in [6.07, 6.45) is 7.03. The zero-order valence-corrected chi connectivity index (χ0v) is 18.4. The topological polar surface area (TPSA) is 86.8 Å². The molecule has 1 unspecified atom stereocenters. The fraction of sp³-hybridized carbons (Fsp3) is 0.632. The minimum atomic E-state index is -0.219. The van der Waals surface area contributed by atoms with Gasteiger partial charge in [-0.05, 0) is 43.2 Å². The number of rotatable bonds is 5. The Morgan fingerprint density at radius 2 is 2.07 bits per heavy atom. The van der Waals surface area contributed by atoms with E-state index in [1.165, 1.54) is 12.8 Å². The monoisotopic (exact) mass is 486 g/mol. The van der Waals surface area contributed by atoms with Crippen LogP contribution in [0.5, 0.6) is 0 Å². The Morgan fingerprint density at radius 3 is 2.70 bits per heavy atom. The average Bonchev–Trinajstić information content (AvgIpc) is 3.17. The van der Waals surface area contributed by atoms with Gasteiger partial charge in [0.2, 0.25) is 5.91 Å². The van der Waals surface area contributed by atoms with Crippen molar-refractivity contribution in [1.29, 1.82) is 0 Å². The van der Waals surface area contributed by atoms with Crippen molar-refractivity contribution in [2.24, 2.45) is 16.6 Å². The first kappa shape index (κ1) is 21.7. The largest absolute Gasteiger partial charge is 0.370 e. The van der Waals surface area contributed by atoms with Gasteiger partial charge in [0.25, 0.3) is 0 Å². The van der Waals surface area contributed by atoms with Crippen LogP contribution in [-0.4, -0.2) is 55.0 Å². The molecule has 1 atom stereocenters. The van der Waals surface area contributed by atoms with Crippen molar-refractivity contribution >= 4 is 41.7 Å². The molecule has 0 aromatic carbocycles. The maximum absolute atomic E-state index is 11.2. The number of primary amides is 1. The van der Waals surface area contributed by atoms with Crippen molar-refractivity contribution < 1.29 is 4.79 Å². The highest BCUT2D eigenvalue weighted by molar-refractivity contribution is 14.0. The summed E-state index contributed by atoms with van der Waals surface area (Å²) in [5.74, 6) is 2.05. The molecule has 8 heteroatoms. The molecule has 2 aliphatic heterocycles. The third-order valence-corrected chi connectivity index (χ3v) is 5.21. The van der Waals surface area contributed by atoms with E-state index in [-0.39, 0.29) is 29.9 Å². The molecule has 0 bridgehead atoms. The van der Waals surface area contributed by atoms with Crippen LogP contribution in [0.1, 0.15) is 37.7 Å². The first-order valence-electron chi connectivity index (χ1n) is 9.59. The minimum Gasteiger partial charge on any atom is -0.370 e. The van der Waals surface area contributed by atoms with E-state index in [0.717, 1.165) is 56.4 Å². The number of amides is 1. The first-order valence-corrected chi connectivity index (χ1v) is 9.59.